The standard InChI is InChI=1S/C11H24N2O3/c1-3-4-5-10(12)11(15)13-7-6-9(14)8-16-2/h9-10,14H,3-8,12H2,1-2H3,(H,13,15)/t9?,10-/m0/s1. The van der Waals surface area contributed by atoms with Gasteiger partial charge in [-0.3, -0.25) is 4.79 Å². The van der Waals surface area contributed by atoms with Crippen molar-refractivity contribution in [3.8, 4) is 0 Å². The van der Waals surface area contributed by atoms with Crippen LogP contribution in [0.2, 0.25) is 0 Å². The lowest BCUT2D eigenvalue weighted by atomic mass is 10.1. The summed E-state index contributed by atoms with van der Waals surface area (Å²) in [7, 11) is 1.53. The zero-order valence-corrected chi connectivity index (χ0v) is 10.2. The van der Waals surface area contributed by atoms with Crippen molar-refractivity contribution in [3.63, 3.8) is 0 Å². The number of aliphatic hydroxyl groups excluding tert-OH is 1. The molecule has 0 aromatic heterocycles. The first-order valence-electron chi connectivity index (χ1n) is 5.82. The lowest BCUT2D eigenvalue weighted by Crippen LogP contribution is -2.41. The molecule has 96 valence electrons. The van der Waals surface area contributed by atoms with Crippen LogP contribution in [0.1, 0.15) is 32.6 Å². The average molecular weight is 232 g/mol. The third kappa shape index (κ3) is 7.62. The van der Waals surface area contributed by atoms with Crippen LogP contribution in [0, 0.1) is 0 Å². The SMILES string of the molecule is CCCC[C@H](N)C(=O)NCCC(O)COC. The minimum Gasteiger partial charge on any atom is -0.391 e. The van der Waals surface area contributed by atoms with Crippen molar-refractivity contribution in [3.05, 3.63) is 0 Å². The Morgan fingerprint density at radius 3 is 2.75 bits per heavy atom. The number of nitrogens with two attached hydrogens (primary N) is 1. The number of methoxy groups -OCH3 is 1. The van der Waals surface area contributed by atoms with E-state index in [9.17, 15) is 9.90 Å². The molecule has 5 nitrogen and oxygen atoms in total. The zero-order valence-electron chi connectivity index (χ0n) is 10.2. The molecule has 0 fully saturated rings. The van der Waals surface area contributed by atoms with Crippen molar-refractivity contribution in [2.75, 3.05) is 20.3 Å². The summed E-state index contributed by atoms with van der Waals surface area (Å²) in [5.41, 5.74) is 5.68. The minimum atomic E-state index is -0.530. The molecule has 0 rings (SSSR count). The van der Waals surface area contributed by atoms with E-state index in [1.165, 1.54) is 7.11 Å². The largest absolute Gasteiger partial charge is 0.391 e. The van der Waals surface area contributed by atoms with Gasteiger partial charge in [0.2, 0.25) is 5.91 Å². The molecule has 0 aromatic rings. The van der Waals surface area contributed by atoms with Crippen molar-refractivity contribution in [2.24, 2.45) is 5.73 Å². The van der Waals surface area contributed by atoms with E-state index in [4.69, 9.17) is 10.5 Å². The van der Waals surface area contributed by atoms with Gasteiger partial charge in [-0.25, -0.2) is 0 Å². The Balaban J connectivity index is 3.56. The number of rotatable bonds is 9. The fourth-order valence-corrected chi connectivity index (χ4v) is 1.32. The Labute approximate surface area is 97.3 Å². The minimum absolute atomic E-state index is 0.141. The number of hydrogen-bond acceptors (Lipinski definition) is 4. The summed E-state index contributed by atoms with van der Waals surface area (Å²) in [5.74, 6) is -0.141. The first kappa shape index (κ1) is 15.3. The van der Waals surface area contributed by atoms with E-state index in [1.807, 2.05) is 0 Å². The van der Waals surface area contributed by atoms with E-state index in [2.05, 4.69) is 12.2 Å². The fraction of sp³-hybridized carbons (Fsp3) is 0.909. The highest BCUT2D eigenvalue weighted by Gasteiger charge is 2.12. The zero-order chi connectivity index (χ0) is 12.4. The third-order valence-corrected chi connectivity index (χ3v) is 2.34. The van der Waals surface area contributed by atoms with Gasteiger partial charge in [-0.1, -0.05) is 19.8 Å². The van der Waals surface area contributed by atoms with Crippen molar-refractivity contribution in [2.45, 2.75) is 44.8 Å². The Bertz CT molecular complexity index is 188. The van der Waals surface area contributed by atoms with Crippen molar-refractivity contribution in [1.82, 2.24) is 5.32 Å². The Morgan fingerprint density at radius 1 is 1.50 bits per heavy atom. The lowest BCUT2D eigenvalue weighted by Gasteiger charge is -2.13. The second-order valence-electron chi connectivity index (χ2n) is 3.94. The smallest absolute Gasteiger partial charge is 0.236 e. The molecule has 5 heteroatoms. The molecule has 0 saturated carbocycles. The van der Waals surface area contributed by atoms with Gasteiger partial charge in [0, 0.05) is 13.7 Å². The van der Waals surface area contributed by atoms with Crippen LogP contribution in [0.5, 0.6) is 0 Å². The number of unbranched alkanes of at least 4 members (excludes halogenated alkanes) is 1. The quantitative estimate of drug-likeness (QED) is 0.523. The van der Waals surface area contributed by atoms with E-state index >= 15 is 0 Å². The lowest BCUT2D eigenvalue weighted by molar-refractivity contribution is -0.122. The normalized spacial score (nSPS) is 14.5. The van der Waals surface area contributed by atoms with E-state index in [-0.39, 0.29) is 12.5 Å². The van der Waals surface area contributed by atoms with E-state index in [1.54, 1.807) is 0 Å². The maximum absolute atomic E-state index is 11.4. The number of hydrogen-bond donors (Lipinski definition) is 3. The first-order chi connectivity index (χ1) is 7.61. The van der Waals surface area contributed by atoms with Gasteiger partial charge in [0.15, 0.2) is 0 Å². The van der Waals surface area contributed by atoms with Crippen LogP contribution in [-0.4, -0.2) is 43.4 Å². The van der Waals surface area contributed by atoms with E-state index in [0.29, 0.717) is 19.4 Å². The predicted octanol–water partition coefficient (Wildman–Crippen LogP) is 0.0175. The van der Waals surface area contributed by atoms with Gasteiger partial charge < -0.3 is 20.9 Å². The molecule has 16 heavy (non-hydrogen) atoms. The molecule has 0 aliphatic heterocycles. The number of ether oxygens (including phenoxy) is 1. The van der Waals surface area contributed by atoms with Gasteiger partial charge in [0.25, 0.3) is 0 Å². The van der Waals surface area contributed by atoms with Crippen molar-refractivity contribution < 1.29 is 14.6 Å². The van der Waals surface area contributed by atoms with Crippen molar-refractivity contribution >= 4 is 5.91 Å². The highest BCUT2D eigenvalue weighted by atomic mass is 16.5. The molecule has 0 aliphatic rings. The number of amides is 1. The maximum atomic E-state index is 11.4. The topological polar surface area (TPSA) is 84.6 Å². The van der Waals surface area contributed by atoms with Gasteiger partial charge in [-0.2, -0.15) is 0 Å². The van der Waals surface area contributed by atoms with E-state index < -0.39 is 12.1 Å². The molecular weight excluding hydrogens is 208 g/mol. The highest BCUT2D eigenvalue weighted by molar-refractivity contribution is 5.81. The number of carbonyl (C=O) groups is 1. The summed E-state index contributed by atoms with van der Waals surface area (Å²) in [6, 6.07) is -0.431. The molecule has 1 unspecified atom stereocenters. The molecule has 0 radical (unpaired) electrons. The Kier molecular flexibility index (Phi) is 9.18. The predicted molar refractivity (Wildman–Crippen MR) is 63.0 cm³/mol. The Morgan fingerprint density at radius 2 is 2.19 bits per heavy atom. The summed E-state index contributed by atoms with van der Waals surface area (Å²) in [4.78, 5) is 11.4. The van der Waals surface area contributed by atoms with E-state index in [0.717, 1.165) is 12.8 Å². The first-order valence-corrected chi connectivity index (χ1v) is 5.82. The maximum Gasteiger partial charge on any atom is 0.236 e. The number of aliphatic hydroxyl groups is 1. The van der Waals surface area contributed by atoms with Crippen LogP contribution in [0.4, 0.5) is 0 Å². The molecule has 2 atom stereocenters. The summed E-state index contributed by atoms with van der Waals surface area (Å²) in [6.45, 7) is 2.78. The third-order valence-electron chi connectivity index (χ3n) is 2.34. The second kappa shape index (κ2) is 9.57. The molecular formula is C11H24N2O3. The van der Waals surface area contributed by atoms with Crippen molar-refractivity contribution in [1.29, 1.82) is 0 Å². The van der Waals surface area contributed by atoms with Crippen LogP contribution in [0.15, 0.2) is 0 Å². The van der Waals surface area contributed by atoms with Crippen LogP contribution >= 0.6 is 0 Å². The highest BCUT2D eigenvalue weighted by Crippen LogP contribution is 1.98. The number of nitrogens with one attached hydrogen (secondary N) is 1. The van der Waals surface area contributed by atoms with Crippen LogP contribution in [0.3, 0.4) is 0 Å². The molecule has 0 saturated heterocycles. The fourth-order valence-electron chi connectivity index (χ4n) is 1.32. The van der Waals surface area contributed by atoms with Gasteiger partial charge in [-0.15, -0.1) is 0 Å². The summed E-state index contributed by atoms with van der Waals surface area (Å²) in [5, 5.41) is 12.0. The van der Waals surface area contributed by atoms with Crippen LogP contribution < -0.4 is 11.1 Å². The summed E-state index contributed by atoms with van der Waals surface area (Å²) >= 11 is 0. The Hall–Kier alpha value is -0.650. The second-order valence-corrected chi connectivity index (χ2v) is 3.94. The van der Waals surface area contributed by atoms with Gasteiger partial charge in [0.05, 0.1) is 18.8 Å². The molecule has 0 spiro atoms. The molecule has 0 bridgehead atoms. The molecule has 0 aliphatic carbocycles. The average Bonchev–Trinajstić information content (AvgIpc) is 2.26. The van der Waals surface area contributed by atoms with Gasteiger partial charge in [-0.05, 0) is 12.8 Å². The summed E-state index contributed by atoms with van der Waals surface area (Å²) < 4.78 is 4.77. The molecule has 4 N–H and O–H groups in total. The monoisotopic (exact) mass is 232 g/mol. The molecule has 1 amide bonds. The summed E-state index contributed by atoms with van der Waals surface area (Å²) in [6.07, 6.45) is 2.66. The number of carbonyl (C=O) groups excluding carboxylic acids is 1. The van der Waals surface area contributed by atoms with Gasteiger partial charge in [0.1, 0.15) is 0 Å². The molecule has 0 heterocycles. The van der Waals surface area contributed by atoms with Crippen LogP contribution in [0.25, 0.3) is 0 Å². The van der Waals surface area contributed by atoms with Crippen LogP contribution in [-0.2, 0) is 9.53 Å². The van der Waals surface area contributed by atoms with Gasteiger partial charge >= 0.3 is 0 Å². The molecule has 0 aromatic carbocycles.